The topological polar surface area (TPSA) is 71.1 Å². The van der Waals surface area contributed by atoms with Crippen LogP contribution in [-0.2, 0) is 28.6 Å². The maximum absolute atomic E-state index is 12.9. The highest BCUT2D eigenvalue weighted by Gasteiger charge is 2.47. The fourth-order valence-electron chi connectivity index (χ4n) is 4.06. The van der Waals surface area contributed by atoms with Gasteiger partial charge in [-0.15, -0.1) is 0 Å². The molecule has 0 radical (unpaired) electrons. The fourth-order valence-corrected chi connectivity index (χ4v) is 5.74. The van der Waals surface area contributed by atoms with Gasteiger partial charge in [0.2, 0.25) is 8.46 Å². The first kappa shape index (κ1) is 38.8. The van der Waals surface area contributed by atoms with E-state index in [1.165, 1.54) is 83.5 Å². The number of thioether (sulfide) groups is 1. The van der Waals surface area contributed by atoms with Gasteiger partial charge in [-0.3, -0.25) is 4.57 Å². The number of esters is 1. The van der Waals surface area contributed by atoms with E-state index in [-0.39, 0.29) is 30.0 Å². The first-order valence-electron chi connectivity index (χ1n) is 15.8. The highest BCUT2D eigenvalue weighted by molar-refractivity contribution is 7.99. The molecule has 6 nitrogen and oxygen atoms in total. The number of hydrogen-bond donors (Lipinski definition) is 0. The van der Waals surface area contributed by atoms with E-state index < -0.39 is 20.0 Å². The van der Waals surface area contributed by atoms with Crippen LogP contribution in [0.1, 0.15) is 151 Å². The van der Waals surface area contributed by atoms with Crippen molar-refractivity contribution < 1.29 is 28.6 Å². The summed E-state index contributed by atoms with van der Waals surface area (Å²) in [6.07, 6.45) is 19.3. The van der Waals surface area contributed by atoms with Crippen molar-refractivity contribution in [2.24, 2.45) is 5.41 Å². The zero-order valence-corrected chi connectivity index (χ0v) is 28.1. The Labute approximate surface area is 246 Å². The Morgan fingerprint density at radius 1 is 0.795 bits per heavy atom. The average molecular weight is 593 g/mol. The van der Waals surface area contributed by atoms with E-state index in [1.54, 1.807) is 0 Å². The average Bonchev–Trinajstić information content (AvgIpc) is 2.91. The van der Waals surface area contributed by atoms with Crippen LogP contribution in [0.4, 0.5) is 0 Å². The molecule has 0 aliphatic rings. The van der Waals surface area contributed by atoms with Gasteiger partial charge < -0.3 is 9.47 Å². The predicted octanol–water partition coefficient (Wildman–Crippen LogP) is 10.3. The van der Waals surface area contributed by atoms with Crippen LogP contribution in [-0.4, -0.2) is 41.8 Å². The Morgan fingerprint density at radius 2 is 1.33 bits per heavy atom. The molecular formula is C31H61O6PS. The number of carbonyl (C=O) groups is 1. The van der Waals surface area contributed by atoms with Crippen molar-refractivity contribution in [3.63, 3.8) is 0 Å². The third-order valence-electron chi connectivity index (χ3n) is 6.52. The van der Waals surface area contributed by atoms with Crippen LogP contribution in [0, 0.1) is 5.41 Å². The van der Waals surface area contributed by atoms with Crippen LogP contribution < -0.4 is 0 Å². The summed E-state index contributed by atoms with van der Waals surface area (Å²) in [5.41, 5.74) is -2.35. The van der Waals surface area contributed by atoms with Gasteiger partial charge in [0.05, 0.1) is 13.2 Å². The van der Waals surface area contributed by atoms with Gasteiger partial charge in [0.1, 0.15) is 6.10 Å². The van der Waals surface area contributed by atoms with Gasteiger partial charge in [-0.2, -0.15) is 16.6 Å². The molecule has 0 saturated carbocycles. The van der Waals surface area contributed by atoms with Crippen molar-refractivity contribution in [3.8, 4) is 0 Å². The molecule has 3 atom stereocenters. The molecule has 0 amide bonds. The molecule has 0 aromatic carbocycles. The molecule has 0 N–H and O–H groups in total. The van der Waals surface area contributed by atoms with Crippen LogP contribution in [0.2, 0.25) is 0 Å². The van der Waals surface area contributed by atoms with E-state index in [9.17, 15) is 9.36 Å². The van der Waals surface area contributed by atoms with E-state index >= 15 is 0 Å². The lowest BCUT2D eigenvalue weighted by Crippen LogP contribution is -2.43. The van der Waals surface area contributed by atoms with E-state index in [2.05, 4.69) is 13.8 Å². The van der Waals surface area contributed by atoms with Crippen molar-refractivity contribution in [2.75, 3.05) is 19.0 Å². The minimum atomic E-state index is -2.11. The summed E-state index contributed by atoms with van der Waals surface area (Å²) in [5.74, 6) is 0.252. The van der Waals surface area contributed by atoms with Gasteiger partial charge in [0.15, 0.2) is 0 Å². The number of carbonyl (C=O) groups excluding carboxylic acids is 1. The Bertz CT molecular complexity index is 600. The summed E-state index contributed by atoms with van der Waals surface area (Å²) in [6.45, 7) is 14.6. The lowest BCUT2D eigenvalue weighted by atomic mass is 9.99. The molecule has 0 aliphatic carbocycles. The molecule has 3 unspecified atom stereocenters. The van der Waals surface area contributed by atoms with Crippen LogP contribution in [0.5, 0.6) is 0 Å². The van der Waals surface area contributed by atoms with Crippen molar-refractivity contribution in [1.82, 2.24) is 0 Å². The number of ether oxygens (including phenoxy) is 2. The van der Waals surface area contributed by atoms with Crippen molar-refractivity contribution in [1.29, 1.82) is 0 Å². The zero-order chi connectivity index (χ0) is 29.4. The summed E-state index contributed by atoms with van der Waals surface area (Å²) < 4.78 is 23.2. The molecule has 0 aliphatic heterocycles. The summed E-state index contributed by atoms with van der Waals surface area (Å²) in [6, 6.07) is 0. The molecular weight excluding hydrogens is 531 g/mol. The second-order valence-electron chi connectivity index (χ2n) is 12.0. The first-order valence-corrected chi connectivity index (χ1v) is 17.6. The van der Waals surface area contributed by atoms with Crippen LogP contribution in [0.3, 0.4) is 0 Å². The lowest BCUT2D eigenvalue weighted by Gasteiger charge is -2.29. The van der Waals surface area contributed by atoms with Gasteiger partial charge >= 0.3 is 11.5 Å². The third-order valence-corrected chi connectivity index (χ3v) is 8.72. The molecule has 39 heavy (non-hydrogen) atoms. The highest BCUT2D eigenvalue weighted by Crippen LogP contribution is 2.33. The molecule has 0 fully saturated rings. The van der Waals surface area contributed by atoms with Crippen molar-refractivity contribution in [2.45, 2.75) is 168 Å². The minimum Gasteiger partial charge on any atom is -0.460 e. The molecule has 0 saturated heterocycles. The van der Waals surface area contributed by atoms with Crippen molar-refractivity contribution >= 4 is 26.2 Å². The minimum absolute atomic E-state index is 0.159. The Morgan fingerprint density at radius 3 is 1.85 bits per heavy atom. The van der Waals surface area contributed by atoms with Gasteiger partial charge in [0, 0.05) is 5.25 Å². The summed E-state index contributed by atoms with van der Waals surface area (Å²) in [7, 11) is -0.637. The standard InChI is InChI=1S/C31H61O6PS/c1-8-11-13-15-16-17-18-20-22-25-39-28(23-21-19-14-12-9-2)27(4)36-37-31(38-33,35-24-10-3)29(32)34-26-30(5,6)7/h27-28H,8-26H2,1-7H3. The molecule has 0 bridgehead atoms. The number of rotatable bonds is 27. The molecule has 8 heteroatoms. The van der Waals surface area contributed by atoms with E-state index in [4.69, 9.17) is 19.2 Å². The van der Waals surface area contributed by atoms with Crippen LogP contribution in [0.25, 0.3) is 0 Å². The monoisotopic (exact) mass is 592 g/mol. The molecule has 0 aromatic rings. The van der Waals surface area contributed by atoms with Gasteiger partial charge in [0.25, 0.3) is 0 Å². The second kappa shape index (κ2) is 24.4. The van der Waals surface area contributed by atoms with Gasteiger partial charge in [-0.05, 0) is 37.4 Å². The number of unbranched alkanes of at least 4 members (excludes halogenated alkanes) is 12. The fraction of sp³-hybridized carbons (Fsp3) is 0.968. The van der Waals surface area contributed by atoms with Crippen molar-refractivity contribution in [3.05, 3.63) is 0 Å². The maximum atomic E-state index is 12.9. The normalized spacial score (nSPS) is 15.3. The summed E-state index contributed by atoms with van der Waals surface area (Å²) in [5, 5.41) is 0.221. The first-order chi connectivity index (χ1) is 18.7. The molecule has 0 rings (SSSR count). The predicted molar refractivity (Wildman–Crippen MR) is 165 cm³/mol. The lowest BCUT2D eigenvalue weighted by molar-refractivity contribution is -0.403. The Kier molecular flexibility index (Phi) is 24.3. The third kappa shape index (κ3) is 20.3. The Balaban J connectivity index is 4.95. The molecule has 0 heterocycles. The smallest absolute Gasteiger partial charge is 0.382 e. The zero-order valence-electron chi connectivity index (χ0n) is 26.4. The van der Waals surface area contributed by atoms with Gasteiger partial charge in [-0.25, -0.2) is 9.68 Å². The highest BCUT2D eigenvalue weighted by atomic mass is 32.2. The maximum Gasteiger partial charge on any atom is 0.382 e. The number of hydrogen-bond acceptors (Lipinski definition) is 7. The SMILES string of the molecule is CCCCCCCCCCCSC(CCCCCCC)C(C)OOC(OCCC)(P=O)C(=O)OCC(C)(C)C. The molecule has 0 aromatic heterocycles. The Hall–Kier alpha value is -0.200. The van der Waals surface area contributed by atoms with E-state index in [0.29, 0.717) is 6.42 Å². The summed E-state index contributed by atoms with van der Waals surface area (Å²) in [4.78, 5) is 24.2. The molecule has 232 valence electrons. The largest absolute Gasteiger partial charge is 0.460 e. The van der Waals surface area contributed by atoms with Crippen LogP contribution in [0.15, 0.2) is 0 Å². The van der Waals surface area contributed by atoms with Crippen LogP contribution >= 0.6 is 20.2 Å². The van der Waals surface area contributed by atoms with E-state index in [1.807, 2.05) is 46.4 Å². The van der Waals surface area contributed by atoms with Gasteiger partial charge in [-0.1, -0.05) is 125 Å². The van der Waals surface area contributed by atoms with E-state index in [0.717, 1.165) is 18.6 Å². The summed E-state index contributed by atoms with van der Waals surface area (Å²) >= 11 is 1.92. The second-order valence-corrected chi connectivity index (χ2v) is 14.1. The molecule has 0 spiro atoms. The quantitative estimate of drug-likeness (QED) is 0.0235.